The number of ether oxygens (including phenoxy) is 1. The van der Waals surface area contributed by atoms with Crippen LogP contribution in [-0.4, -0.2) is 53.6 Å². The fourth-order valence-electron chi connectivity index (χ4n) is 3.77. The minimum absolute atomic E-state index is 0.0500. The van der Waals surface area contributed by atoms with Crippen molar-refractivity contribution in [1.29, 1.82) is 0 Å². The molecule has 1 aromatic rings. The third kappa shape index (κ3) is 3.07. The van der Waals surface area contributed by atoms with E-state index >= 15 is 0 Å². The fourth-order valence-corrected chi connectivity index (χ4v) is 4.58. The Kier molecular flexibility index (Phi) is 4.58. The molecule has 1 aliphatic carbocycles. The first-order chi connectivity index (χ1) is 10.9. The van der Waals surface area contributed by atoms with Crippen LogP contribution in [0.15, 0.2) is 11.6 Å². The predicted octanol–water partition coefficient (Wildman–Crippen LogP) is 1.96. The maximum Gasteiger partial charge on any atom is 0.176 e. The molecule has 5 atom stereocenters. The lowest BCUT2D eigenvalue weighted by Gasteiger charge is -2.45. The molecule has 2 aliphatic rings. The van der Waals surface area contributed by atoms with Gasteiger partial charge in [-0.25, -0.2) is 4.98 Å². The number of nitrogens with zero attached hydrogens (tertiary/aromatic N) is 2. The summed E-state index contributed by atoms with van der Waals surface area (Å²) in [6.45, 7) is 4.66. The maximum absolute atomic E-state index is 13.0. The van der Waals surface area contributed by atoms with Crippen molar-refractivity contribution in [3.05, 3.63) is 22.3 Å². The van der Waals surface area contributed by atoms with Gasteiger partial charge in [-0.2, -0.15) is 0 Å². The van der Waals surface area contributed by atoms with Crippen molar-refractivity contribution in [3.63, 3.8) is 0 Å². The van der Waals surface area contributed by atoms with Crippen molar-refractivity contribution >= 4 is 22.7 Å². The summed E-state index contributed by atoms with van der Waals surface area (Å²) < 4.78 is 5.98. The largest absolute Gasteiger partial charge is 0.496 e. The number of aliphatic hydroxyl groups excluding tert-OH is 1. The number of carbonyl (C=O) groups excluding carboxylic acids is 1. The molecule has 1 fully saturated rings. The molecule has 6 heteroatoms. The van der Waals surface area contributed by atoms with E-state index in [4.69, 9.17) is 4.74 Å². The Balaban J connectivity index is 1.92. The third-order valence-corrected chi connectivity index (χ3v) is 5.83. The molecule has 126 valence electrons. The van der Waals surface area contributed by atoms with Gasteiger partial charge in [0.05, 0.1) is 23.9 Å². The number of Topliss-reactive ketones (excluding diaryl/α,β-unsaturated/α-hetero) is 1. The number of hydrogen-bond acceptors (Lipinski definition) is 6. The minimum Gasteiger partial charge on any atom is -0.496 e. The summed E-state index contributed by atoms with van der Waals surface area (Å²) in [5, 5.41) is 13.1. The highest BCUT2D eigenvalue weighted by atomic mass is 32.1. The molecule has 5 nitrogen and oxygen atoms in total. The summed E-state index contributed by atoms with van der Waals surface area (Å²) in [5.74, 6) is -0.0389. The van der Waals surface area contributed by atoms with Gasteiger partial charge in [-0.1, -0.05) is 6.92 Å². The van der Waals surface area contributed by atoms with Gasteiger partial charge in [0.2, 0.25) is 0 Å². The second-order valence-corrected chi connectivity index (χ2v) is 7.88. The van der Waals surface area contributed by atoms with Crippen LogP contribution in [0.3, 0.4) is 0 Å². The molecular formula is C17H24N2O3S. The van der Waals surface area contributed by atoms with Gasteiger partial charge in [-0.05, 0) is 33.4 Å². The molecule has 1 aliphatic heterocycles. The van der Waals surface area contributed by atoms with Crippen molar-refractivity contribution in [3.8, 4) is 0 Å². The molecule has 0 radical (unpaired) electrons. The summed E-state index contributed by atoms with van der Waals surface area (Å²) in [4.78, 5) is 19.5. The monoisotopic (exact) mass is 336 g/mol. The van der Waals surface area contributed by atoms with Gasteiger partial charge >= 0.3 is 0 Å². The molecule has 2 heterocycles. The zero-order valence-corrected chi connectivity index (χ0v) is 14.8. The van der Waals surface area contributed by atoms with Crippen molar-refractivity contribution in [2.24, 2.45) is 17.8 Å². The summed E-state index contributed by atoms with van der Waals surface area (Å²) in [6, 6.07) is 0. The third-order valence-electron chi connectivity index (χ3n) is 4.83. The molecule has 1 N–H and O–H groups in total. The number of aromatic nitrogens is 1. The highest BCUT2D eigenvalue weighted by molar-refractivity contribution is 7.11. The van der Waals surface area contributed by atoms with Crippen LogP contribution >= 0.6 is 11.3 Å². The zero-order valence-electron chi connectivity index (χ0n) is 14.0. The Morgan fingerprint density at radius 2 is 2.22 bits per heavy atom. The van der Waals surface area contributed by atoms with Gasteiger partial charge in [-0.15, -0.1) is 11.3 Å². The van der Waals surface area contributed by atoms with Crippen molar-refractivity contribution < 1.29 is 14.6 Å². The van der Waals surface area contributed by atoms with Gasteiger partial charge in [0.1, 0.15) is 11.1 Å². The smallest absolute Gasteiger partial charge is 0.176 e. The average molecular weight is 336 g/mol. The zero-order chi connectivity index (χ0) is 16.7. The molecule has 0 aromatic carbocycles. The average Bonchev–Trinajstić information content (AvgIpc) is 2.89. The summed E-state index contributed by atoms with van der Waals surface area (Å²) in [6.07, 6.45) is 1.51. The Morgan fingerprint density at radius 1 is 1.48 bits per heavy atom. The van der Waals surface area contributed by atoms with Crippen LogP contribution in [0.25, 0.3) is 5.57 Å². The molecular weight excluding hydrogens is 312 g/mol. The normalized spacial score (nSPS) is 34.1. The van der Waals surface area contributed by atoms with Gasteiger partial charge < -0.3 is 14.7 Å². The number of hydrogen-bond donors (Lipinski definition) is 1. The summed E-state index contributed by atoms with van der Waals surface area (Å²) in [5.41, 5.74) is 1.50. The number of thiazole rings is 1. The van der Waals surface area contributed by atoms with E-state index in [2.05, 4.69) is 4.98 Å². The Morgan fingerprint density at radius 3 is 2.83 bits per heavy atom. The summed E-state index contributed by atoms with van der Waals surface area (Å²) in [7, 11) is 3.95. The first-order valence-electron chi connectivity index (χ1n) is 8.03. The Hall–Kier alpha value is -1.24. The lowest BCUT2D eigenvalue weighted by Crippen LogP contribution is -2.54. The first kappa shape index (κ1) is 16.6. The number of carbonyl (C=O) groups is 1. The standard InChI is InChI=1S/C17H24N2O3S/c1-9-5-13(20)11(6-19(3)4)16-14(9)15(21)12(7-22-16)17-18-10(2)8-23-17/h7-9,11,13-14,16,20H,5-6H2,1-4H3. The van der Waals surface area contributed by atoms with Crippen LogP contribution in [-0.2, 0) is 9.53 Å². The number of fused-ring (bicyclic) bond motifs is 1. The van der Waals surface area contributed by atoms with E-state index < -0.39 is 6.10 Å². The number of aliphatic hydroxyl groups is 1. The van der Waals surface area contributed by atoms with Crippen LogP contribution in [0, 0.1) is 24.7 Å². The molecule has 1 saturated carbocycles. The van der Waals surface area contributed by atoms with Crippen molar-refractivity contribution in [2.45, 2.75) is 32.5 Å². The van der Waals surface area contributed by atoms with E-state index in [9.17, 15) is 9.90 Å². The van der Waals surface area contributed by atoms with Crippen LogP contribution in [0.2, 0.25) is 0 Å². The van der Waals surface area contributed by atoms with Gasteiger partial charge in [0.25, 0.3) is 0 Å². The molecule has 0 bridgehead atoms. The maximum atomic E-state index is 13.0. The molecule has 23 heavy (non-hydrogen) atoms. The van der Waals surface area contributed by atoms with Gasteiger partial charge in [-0.3, -0.25) is 4.79 Å². The Bertz CT molecular complexity index is 625. The van der Waals surface area contributed by atoms with Gasteiger partial charge in [0, 0.05) is 23.5 Å². The molecule has 5 unspecified atom stereocenters. The SMILES string of the molecule is Cc1csc(C2=COC3C(CN(C)C)C(O)CC(C)C3C2=O)n1. The number of rotatable bonds is 3. The van der Waals surface area contributed by atoms with E-state index in [1.54, 1.807) is 6.26 Å². The summed E-state index contributed by atoms with van der Waals surface area (Å²) >= 11 is 1.47. The lowest BCUT2D eigenvalue weighted by molar-refractivity contribution is -0.139. The molecule has 0 saturated heterocycles. The molecule has 1 aromatic heterocycles. The number of ketones is 1. The molecule has 0 amide bonds. The second-order valence-electron chi connectivity index (χ2n) is 7.02. The first-order valence-corrected chi connectivity index (χ1v) is 8.91. The van der Waals surface area contributed by atoms with E-state index in [-0.39, 0.29) is 29.6 Å². The van der Waals surface area contributed by atoms with Gasteiger partial charge in [0.15, 0.2) is 5.78 Å². The quantitative estimate of drug-likeness (QED) is 0.914. The van der Waals surface area contributed by atoms with E-state index in [1.807, 2.05) is 38.2 Å². The topological polar surface area (TPSA) is 62.7 Å². The second kappa shape index (κ2) is 6.34. The van der Waals surface area contributed by atoms with Crippen LogP contribution < -0.4 is 0 Å². The predicted molar refractivity (Wildman–Crippen MR) is 90.0 cm³/mol. The highest BCUT2D eigenvalue weighted by Gasteiger charge is 2.49. The molecule has 3 rings (SSSR count). The van der Waals surface area contributed by atoms with E-state index in [1.165, 1.54) is 11.3 Å². The van der Waals surface area contributed by atoms with E-state index in [0.717, 1.165) is 10.7 Å². The lowest BCUT2D eigenvalue weighted by atomic mass is 9.67. The van der Waals surface area contributed by atoms with Crippen molar-refractivity contribution in [2.75, 3.05) is 20.6 Å². The van der Waals surface area contributed by atoms with Crippen LogP contribution in [0.4, 0.5) is 0 Å². The van der Waals surface area contributed by atoms with Crippen LogP contribution in [0.5, 0.6) is 0 Å². The highest BCUT2D eigenvalue weighted by Crippen LogP contribution is 2.42. The Labute approximate surface area is 141 Å². The number of allylic oxidation sites excluding steroid dienone is 1. The van der Waals surface area contributed by atoms with E-state index in [0.29, 0.717) is 18.5 Å². The minimum atomic E-state index is -0.432. The van der Waals surface area contributed by atoms with Crippen LogP contribution in [0.1, 0.15) is 24.0 Å². The van der Waals surface area contributed by atoms with Crippen molar-refractivity contribution in [1.82, 2.24) is 9.88 Å². The number of aryl methyl sites for hydroxylation is 1. The fraction of sp³-hybridized carbons (Fsp3) is 0.647. The molecule has 0 spiro atoms.